The van der Waals surface area contributed by atoms with Crippen LogP contribution in [0.3, 0.4) is 0 Å². The van der Waals surface area contributed by atoms with E-state index in [0.717, 1.165) is 11.3 Å². The average molecular weight is 333 g/mol. The van der Waals surface area contributed by atoms with Gasteiger partial charge < -0.3 is 15.5 Å². The summed E-state index contributed by atoms with van der Waals surface area (Å²) in [5.41, 5.74) is 0.509. The molecular formula is C14H20Cl2N3O2+. The number of anilines is 1. The standard InChI is InChI=1S/C14H19Cl2N3O2/c1-3-6-17-13(20)8-19(2)9-14(21)18-12-5-4-10(15)7-11(12)16/h4-5,7H,3,6,8-9H2,1-2H3,(H,17,20)(H,18,21)/p+1. The van der Waals surface area contributed by atoms with Gasteiger partial charge in [0.25, 0.3) is 11.8 Å². The minimum Gasteiger partial charge on any atom is -0.351 e. The molecule has 0 aliphatic rings. The lowest BCUT2D eigenvalue weighted by molar-refractivity contribution is -0.862. The highest BCUT2D eigenvalue weighted by Crippen LogP contribution is 2.24. The molecule has 3 N–H and O–H groups in total. The van der Waals surface area contributed by atoms with Crippen LogP contribution >= 0.6 is 23.2 Å². The Hall–Kier alpha value is -1.30. The number of halogens is 2. The van der Waals surface area contributed by atoms with Crippen LogP contribution in [-0.2, 0) is 9.59 Å². The molecule has 1 atom stereocenters. The van der Waals surface area contributed by atoms with Gasteiger partial charge in [0.15, 0.2) is 13.1 Å². The highest BCUT2D eigenvalue weighted by atomic mass is 35.5. The minimum absolute atomic E-state index is 0.0633. The molecule has 7 heteroatoms. The Morgan fingerprint density at radius 1 is 1.19 bits per heavy atom. The van der Waals surface area contributed by atoms with Crippen molar-refractivity contribution in [2.24, 2.45) is 0 Å². The van der Waals surface area contributed by atoms with Gasteiger partial charge in [0.05, 0.1) is 17.8 Å². The van der Waals surface area contributed by atoms with Crippen LogP contribution in [0, 0.1) is 0 Å². The molecule has 0 saturated carbocycles. The molecule has 5 nitrogen and oxygen atoms in total. The third kappa shape index (κ3) is 6.80. The van der Waals surface area contributed by atoms with Crippen molar-refractivity contribution in [1.82, 2.24) is 5.32 Å². The predicted octanol–water partition coefficient (Wildman–Crippen LogP) is 0.973. The van der Waals surface area contributed by atoms with Crippen LogP contribution in [0.15, 0.2) is 18.2 Å². The zero-order valence-corrected chi connectivity index (χ0v) is 13.6. The molecule has 0 heterocycles. The number of quaternary nitrogens is 1. The second-order valence-corrected chi connectivity index (χ2v) is 5.68. The van der Waals surface area contributed by atoms with Crippen molar-refractivity contribution < 1.29 is 14.5 Å². The molecule has 0 fully saturated rings. The van der Waals surface area contributed by atoms with E-state index in [1.807, 2.05) is 6.92 Å². The van der Waals surface area contributed by atoms with Crippen molar-refractivity contribution in [1.29, 1.82) is 0 Å². The Bertz CT molecular complexity index is 509. The number of hydrogen-bond acceptors (Lipinski definition) is 2. The van der Waals surface area contributed by atoms with E-state index in [-0.39, 0.29) is 24.9 Å². The number of carbonyl (C=O) groups is 2. The van der Waals surface area contributed by atoms with E-state index in [0.29, 0.717) is 22.3 Å². The van der Waals surface area contributed by atoms with Crippen molar-refractivity contribution >= 4 is 40.7 Å². The first kappa shape index (κ1) is 17.8. The monoisotopic (exact) mass is 332 g/mol. The van der Waals surface area contributed by atoms with E-state index in [9.17, 15) is 9.59 Å². The van der Waals surface area contributed by atoms with Crippen molar-refractivity contribution in [3.8, 4) is 0 Å². The van der Waals surface area contributed by atoms with Gasteiger partial charge >= 0.3 is 0 Å². The lowest BCUT2D eigenvalue weighted by Crippen LogP contribution is -3.11. The summed E-state index contributed by atoms with van der Waals surface area (Å²) in [6.45, 7) is 3.07. The third-order valence-corrected chi connectivity index (χ3v) is 3.25. The molecule has 0 bridgehead atoms. The zero-order valence-electron chi connectivity index (χ0n) is 12.1. The maximum absolute atomic E-state index is 11.9. The summed E-state index contributed by atoms with van der Waals surface area (Å²) < 4.78 is 0. The molecule has 0 saturated heterocycles. The van der Waals surface area contributed by atoms with E-state index < -0.39 is 0 Å². The zero-order chi connectivity index (χ0) is 15.8. The topological polar surface area (TPSA) is 62.6 Å². The normalized spacial score (nSPS) is 11.8. The molecule has 2 amide bonds. The van der Waals surface area contributed by atoms with Crippen LogP contribution in [0.4, 0.5) is 5.69 Å². The summed E-state index contributed by atoms with van der Waals surface area (Å²) >= 11 is 11.8. The summed E-state index contributed by atoms with van der Waals surface area (Å²) in [6, 6.07) is 4.86. The summed E-state index contributed by atoms with van der Waals surface area (Å²) in [7, 11) is 1.79. The molecule has 0 radical (unpaired) electrons. The van der Waals surface area contributed by atoms with E-state index in [1.54, 1.807) is 25.2 Å². The number of nitrogens with one attached hydrogen (secondary N) is 3. The molecule has 116 valence electrons. The molecule has 0 aliphatic carbocycles. The minimum atomic E-state index is -0.208. The molecule has 0 aromatic heterocycles. The highest BCUT2D eigenvalue weighted by molar-refractivity contribution is 6.36. The fourth-order valence-electron chi connectivity index (χ4n) is 1.72. The first-order valence-corrected chi connectivity index (χ1v) is 7.51. The van der Waals surface area contributed by atoms with Gasteiger partial charge in [-0.05, 0) is 24.6 Å². The molecule has 21 heavy (non-hydrogen) atoms. The summed E-state index contributed by atoms with van der Waals surface area (Å²) in [5.74, 6) is -0.272. The van der Waals surface area contributed by atoms with Crippen LogP contribution in [-0.4, -0.2) is 38.5 Å². The Balaban J connectivity index is 2.44. The number of amides is 2. The molecular weight excluding hydrogens is 313 g/mol. The Kier molecular flexibility index (Phi) is 7.50. The lowest BCUT2D eigenvalue weighted by Gasteiger charge is -2.14. The SMILES string of the molecule is CCCNC(=O)C[NH+](C)CC(=O)Nc1ccc(Cl)cc1Cl. The van der Waals surface area contributed by atoms with E-state index in [1.165, 1.54) is 0 Å². The van der Waals surface area contributed by atoms with Gasteiger partial charge in [0, 0.05) is 11.6 Å². The van der Waals surface area contributed by atoms with Crippen LogP contribution < -0.4 is 15.5 Å². The molecule has 1 aromatic rings. The van der Waals surface area contributed by atoms with Crippen molar-refractivity contribution in [2.45, 2.75) is 13.3 Å². The summed E-state index contributed by atoms with van der Waals surface area (Å²) in [6.07, 6.45) is 0.889. The van der Waals surface area contributed by atoms with Crippen LogP contribution in [0.2, 0.25) is 10.0 Å². The maximum Gasteiger partial charge on any atom is 0.279 e. The van der Waals surface area contributed by atoms with E-state index >= 15 is 0 Å². The van der Waals surface area contributed by atoms with Crippen molar-refractivity contribution in [2.75, 3.05) is 32.0 Å². The smallest absolute Gasteiger partial charge is 0.279 e. The van der Waals surface area contributed by atoms with Gasteiger partial charge in [0.1, 0.15) is 0 Å². The maximum atomic E-state index is 11.9. The quantitative estimate of drug-likeness (QED) is 0.696. The fourth-order valence-corrected chi connectivity index (χ4v) is 2.18. The van der Waals surface area contributed by atoms with Crippen LogP contribution in [0.25, 0.3) is 0 Å². The second kappa shape index (κ2) is 8.87. The fraction of sp³-hybridized carbons (Fsp3) is 0.429. The Morgan fingerprint density at radius 2 is 1.86 bits per heavy atom. The van der Waals surface area contributed by atoms with Crippen molar-refractivity contribution in [3.63, 3.8) is 0 Å². The number of benzene rings is 1. The highest BCUT2D eigenvalue weighted by Gasteiger charge is 2.14. The summed E-state index contributed by atoms with van der Waals surface area (Å²) in [4.78, 5) is 24.2. The van der Waals surface area contributed by atoms with Gasteiger partial charge in [-0.3, -0.25) is 9.59 Å². The molecule has 0 aliphatic heterocycles. The molecule has 0 spiro atoms. The number of carbonyl (C=O) groups excluding carboxylic acids is 2. The first-order chi connectivity index (χ1) is 9.92. The van der Waals surface area contributed by atoms with Crippen LogP contribution in [0.1, 0.15) is 13.3 Å². The summed E-state index contributed by atoms with van der Waals surface area (Å²) in [5, 5.41) is 6.37. The van der Waals surface area contributed by atoms with E-state index in [4.69, 9.17) is 23.2 Å². The number of likely N-dealkylation sites (N-methyl/N-ethyl adjacent to an activating group) is 1. The Morgan fingerprint density at radius 3 is 2.48 bits per heavy atom. The number of hydrogen-bond donors (Lipinski definition) is 3. The van der Waals surface area contributed by atoms with Gasteiger partial charge in [-0.25, -0.2) is 0 Å². The molecule has 1 unspecified atom stereocenters. The number of rotatable bonds is 7. The average Bonchev–Trinajstić information content (AvgIpc) is 2.39. The Labute approximate surface area is 134 Å². The lowest BCUT2D eigenvalue weighted by atomic mass is 10.3. The van der Waals surface area contributed by atoms with Gasteiger partial charge in [-0.1, -0.05) is 30.1 Å². The van der Waals surface area contributed by atoms with Crippen molar-refractivity contribution in [3.05, 3.63) is 28.2 Å². The van der Waals surface area contributed by atoms with Gasteiger partial charge in [-0.15, -0.1) is 0 Å². The predicted molar refractivity (Wildman–Crippen MR) is 85.0 cm³/mol. The largest absolute Gasteiger partial charge is 0.351 e. The van der Waals surface area contributed by atoms with E-state index in [2.05, 4.69) is 10.6 Å². The second-order valence-electron chi connectivity index (χ2n) is 4.83. The molecule has 1 aromatic carbocycles. The first-order valence-electron chi connectivity index (χ1n) is 6.75. The van der Waals surface area contributed by atoms with Gasteiger partial charge in [0.2, 0.25) is 0 Å². The third-order valence-electron chi connectivity index (χ3n) is 2.70. The molecule has 1 rings (SSSR count). The van der Waals surface area contributed by atoms with Crippen LogP contribution in [0.5, 0.6) is 0 Å². The van der Waals surface area contributed by atoms with Gasteiger partial charge in [-0.2, -0.15) is 0 Å².